The van der Waals surface area contributed by atoms with Crippen LogP contribution in [0.15, 0.2) is 22.7 Å². The zero-order chi connectivity index (χ0) is 14.4. The summed E-state index contributed by atoms with van der Waals surface area (Å²) >= 11 is 3.08. The summed E-state index contributed by atoms with van der Waals surface area (Å²) in [5.41, 5.74) is 0. The molecule has 2 rings (SSSR count). The van der Waals surface area contributed by atoms with E-state index in [0.29, 0.717) is 6.61 Å². The smallest absolute Gasteiger partial charge is 0.316 e. The first kappa shape index (κ1) is 15.1. The number of thioether (sulfide) groups is 1. The van der Waals surface area contributed by atoms with Crippen molar-refractivity contribution >= 4 is 29.1 Å². The topological polar surface area (TPSA) is 57.0 Å². The van der Waals surface area contributed by atoms with Crippen LogP contribution >= 0.6 is 23.1 Å². The molecule has 0 aliphatic heterocycles. The lowest BCUT2D eigenvalue weighted by Gasteiger charge is -2.06. The second-order valence-corrected chi connectivity index (χ2v) is 5.97. The molecule has 0 saturated carbocycles. The molecule has 0 aliphatic rings. The van der Waals surface area contributed by atoms with Crippen molar-refractivity contribution in [3.05, 3.63) is 28.2 Å². The van der Waals surface area contributed by atoms with E-state index in [-0.39, 0.29) is 11.7 Å². The Morgan fingerprint density at radius 3 is 2.95 bits per heavy atom. The van der Waals surface area contributed by atoms with Gasteiger partial charge in [0.05, 0.1) is 12.4 Å². The molecule has 7 heteroatoms. The minimum absolute atomic E-state index is 0.219. The monoisotopic (exact) mass is 311 g/mol. The fourth-order valence-corrected chi connectivity index (χ4v) is 3.29. The first-order chi connectivity index (χ1) is 9.74. The first-order valence-corrected chi connectivity index (χ1v) is 8.34. The van der Waals surface area contributed by atoms with Gasteiger partial charge in [-0.15, -0.1) is 21.5 Å². The van der Waals surface area contributed by atoms with Crippen molar-refractivity contribution in [3.8, 4) is 0 Å². The Morgan fingerprint density at radius 1 is 1.45 bits per heavy atom. The molecule has 0 N–H and O–H groups in total. The van der Waals surface area contributed by atoms with Gasteiger partial charge in [-0.25, -0.2) is 0 Å². The molecule has 5 nitrogen and oxygen atoms in total. The van der Waals surface area contributed by atoms with Crippen LogP contribution in [0.4, 0.5) is 0 Å². The van der Waals surface area contributed by atoms with E-state index in [1.165, 1.54) is 16.6 Å². The maximum Gasteiger partial charge on any atom is 0.316 e. The summed E-state index contributed by atoms with van der Waals surface area (Å²) in [6.45, 7) is 5.05. The van der Waals surface area contributed by atoms with E-state index in [2.05, 4.69) is 28.6 Å². The standard InChI is InChI=1S/C13H17N3O2S2/c1-3-16-11(8-10-6-5-7-19-10)14-15-13(16)20-9-12(17)18-4-2/h5-7H,3-4,8-9H2,1-2H3. The van der Waals surface area contributed by atoms with E-state index in [9.17, 15) is 4.79 Å². The molecule has 108 valence electrons. The van der Waals surface area contributed by atoms with E-state index >= 15 is 0 Å². The van der Waals surface area contributed by atoms with Gasteiger partial charge in [-0.1, -0.05) is 17.8 Å². The quantitative estimate of drug-likeness (QED) is 0.581. The van der Waals surface area contributed by atoms with Gasteiger partial charge in [0.2, 0.25) is 0 Å². The maximum absolute atomic E-state index is 11.4. The normalized spacial score (nSPS) is 10.7. The Labute approximate surface area is 126 Å². The molecule has 20 heavy (non-hydrogen) atoms. The van der Waals surface area contributed by atoms with Crippen LogP contribution in [0.2, 0.25) is 0 Å². The minimum Gasteiger partial charge on any atom is -0.465 e. The van der Waals surface area contributed by atoms with Crippen LogP contribution in [-0.2, 0) is 22.5 Å². The highest BCUT2D eigenvalue weighted by atomic mass is 32.2. The van der Waals surface area contributed by atoms with Crippen LogP contribution in [0.3, 0.4) is 0 Å². The third-order valence-electron chi connectivity index (χ3n) is 2.65. The van der Waals surface area contributed by atoms with Crippen LogP contribution in [0.1, 0.15) is 24.5 Å². The molecular weight excluding hydrogens is 294 g/mol. The summed E-state index contributed by atoms with van der Waals surface area (Å²) in [7, 11) is 0. The molecular formula is C13H17N3O2S2. The molecule has 0 atom stereocenters. The Bertz CT molecular complexity index is 552. The van der Waals surface area contributed by atoms with Crippen molar-refractivity contribution in [2.75, 3.05) is 12.4 Å². The average molecular weight is 311 g/mol. The van der Waals surface area contributed by atoms with E-state index in [4.69, 9.17) is 4.74 Å². The molecule has 0 aliphatic carbocycles. The Balaban J connectivity index is 2.03. The second kappa shape index (κ2) is 7.44. The van der Waals surface area contributed by atoms with E-state index in [1.807, 2.05) is 10.6 Å². The summed E-state index contributed by atoms with van der Waals surface area (Å²) in [5, 5.41) is 11.2. The van der Waals surface area contributed by atoms with Gasteiger partial charge in [-0.2, -0.15) is 0 Å². The predicted octanol–water partition coefficient (Wildman–Crippen LogP) is 2.61. The number of hydrogen-bond donors (Lipinski definition) is 0. The van der Waals surface area contributed by atoms with Gasteiger partial charge < -0.3 is 9.30 Å². The van der Waals surface area contributed by atoms with Gasteiger partial charge in [0, 0.05) is 17.8 Å². The Kier molecular flexibility index (Phi) is 5.60. The molecule has 0 amide bonds. The molecule has 0 radical (unpaired) electrons. The van der Waals surface area contributed by atoms with Crippen LogP contribution < -0.4 is 0 Å². The van der Waals surface area contributed by atoms with E-state index in [1.54, 1.807) is 18.3 Å². The van der Waals surface area contributed by atoms with Gasteiger partial charge >= 0.3 is 5.97 Å². The molecule has 0 fully saturated rings. The van der Waals surface area contributed by atoms with Crippen LogP contribution in [-0.4, -0.2) is 33.1 Å². The third kappa shape index (κ3) is 3.83. The number of hydrogen-bond acceptors (Lipinski definition) is 6. The van der Waals surface area contributed by atoms with E-state index < -0.39 is 0 Å². The highest BCUT2D eigenvalue weighted by Crippen LogP contribution is 2.20. The molecule has 2 heterocycles. The number of carbonyl (C=O) groups excluding carboxylic acids is 1. The first-order valence-electron chi connectivity index (χ1n) is 6.47. The fourth-order valence-electron chi connectivity index (χ4n) is 1.77. The highest BCUT2D eigenvalue weighted by Gasteiger charge is 2.14. The summed E-state index contributed by atoms with van der Waals surface area (Å²) in [4.78, 5) is 12.6. The van der Waals surface area contributed by atoms with Crippen molar-refractivity contribution in [3.63, 3.8) is 0 Å². The Hall–Kier alpha value is -1.34. The van der Waals surface area contributed by atoms with Crippen LogP contribution in [0.5, 0.6) is 0 Å². The number of nitrogens with zero attached hydrogens (tertiary/aromatic N) is 3. The molecule has 2 aromatic heterocycles. The Morgan fingerprint density at radius 2 is 2.30 bits per heavy atom. The lowest BCUT2D eigenvalue weighted by atomic mass is 10.3. The third-order valence-corrected chi connectivity index (χ3v) is 4.46. The molecule has 0 spiro atoms. The molecule has 0 unspecified atom stereocenters. The molecule has 0 saturated heterocycles. The molecule has 0 bridgehead atoms. The van der Waals surface area contributed by atoms with Gasteiger partial charge in [0.15, 0.2) is 5.16 Å². The van der Waals surface area contributed by atoms with Gasteiger partial charge in [-0.05, 0) is 25.3 Å². The lowest BCUT2D eigenvalue weighted by molar-refractivity contribution is -0.139. The van der Waals surface area contributed by atoms with Crippen molar-refractivity contribution < 1.29 is 9.53 Å². The van der Waals surface area contributed by atoms with Crippen molar-refractivity contribution in [1.29, 1.82) is 0 Å². The minimum atomic E-state index is -0.219. The SMILES string of the molecule is CCOC(=O)CSc1nnc(Cc2cccs2)n1CC. The number of rotatable bonds is 7. The average Bonchev–Trinajstić information content (AvgIpc) is 3.07. The summed E-state index contributed by atoms with van der Waals surface area (Å²) in [6.07, 6.45) is 0.776. The fraction of sp³-hybridized carbons (Fsp3) is 0.462. The summed E-state index contributed by atoms with van der Waals surface area (Å²) < 4.78 is 6.96. The number of aromatic nitrogens is 3. The summed E-state index contributed by atoms with van der Waals surface area (Å²) in [5.74, 6) is 0.981. The zero-order valence-electron chi connectivity index (χ0n) is 11.5. The largest absolute Gasteiger partial charge is 0.465 e. The van der Waals surface area contributed by atoms with Gasteiger partial charge in [0.25, 0.3) is 0 Å². The lowest BCUT2D eigenvalue weighted by Crippen LogP contribution is -2.08. The highest BCUT2D eigenvalue weighted by molar-refractivity contribution is 7.99. The van der Waals surface area contributed by atoms with Crippen molar-refractivity contribution in [1.82, 2.24) is 14.8 Å². The van der Waals surface area contributed by atoms with Crippen molar-refractivity contribution in [2.45, 2.75) is 32.0 Å². The maximum atomic E-state index is 11.4. The number of ether oxygens (including phenoxy) is 1. The predicted molar refractivity (Wildman–Crippen MR) is 80.2 cm³/mol. The van der Waals surface area contributed by atoms with Crippen LogP contribution in [0.25, 0.3) is 0 Å². The van der Waals surface area contributed by atoms with Crippen molar-refractivity contribution in [2.24, 2.45) is 0 Å². The summed E-state index contributed by atoms with van der Waals surface area (Å²) in [6, 6.07) is 4.12. The number of thiophene rings is 1. The zero-order valence-corrected chi connectivity index (χ0v) is 13.2. The number of carbonyl (C=O) groups is 1. The molecule has 2 aromatic rings. The van der Waals surface area contributed by atoms with E-state index in [0.717, 1.165) is 23.9 Å². The number of esters is 1. The second-order valence-electron chi connectivity index (χ2n) is 3.99. The molecule has 0 aromatic carbocycles. The van der Waals surface area contributed by atoms with Crippen LogP contribution in [0, 0.1) is 0 Å². The van der Waals surface area contributed by atoms with Gasteiger partial charge in [0.1, 0.15) is 5.82 Å². The van der Waals surface area contributed by atoms with Gasteiger partial charge in [-0.3, -0.25) is 4.79 Å².